The molecule has 2 aromatic rings. The smallest absolute Gasteiger partial charge is 0.295 e. The summed E-state index contributed by atoms with van der Waals surface area (Å²) in [6.07, 6.45) is 1.49. The number of likely N-dealkylation sites (N-methyl/N-ethyl adjacent to an activating group) is 1. The number of carbonyl (C=O) groups is 2. The van der Waals surface area contributed by atoms with Crippen LogP contribution in [0.4, 0.5) is 0 Å². The summed E-state index contributed by atoms with van der Waals surface area (Å²) in [6, 6.07) is 8.09. The third kappa shape index (κ3) is 4.37. The molecule has 0 spiro atoms. The number of rotatable bonds is 6. The van der Waals surface area contributed by atoms with Gasteiger partial charge in [-0.3, -0.25) is 9.59 Å². The van der Waals surface area contributed by atoms with Crippen LogP contribution in [0.25, 0.3) is 5.76 Å². The van der Waals surface area contributed by atoms with E-state index in [-0.39, 0.29) is 16.7 Å². The molecule has 1 aliphatic rings. The Hall–Kier alpha value is -3.06. The Labute approximate surface area is 182 Å². The molecule has 7 heteroatoms. The number of methoxy groups -OCH3 is 1. The van der Waals surface area contributed by atoms with Crippen LogP contribution in [0.15, 0.2) is 46.6 Å². The zero-order valence-electron chi connectivity index (χ0n) is 18.9. The van der Waals surface area contributed by atoms with E-state index in [0.29, 0.717) is 30.2 Å². The highest BCUT2D eigenvalue weighted by Gasteiger charge is 2.47. The Morgan fingerprint density at radius 3 is 2.48 bits per heavy atom. The lowest BCUT2D eigenvalue weighted by atomic mass is 9.85. The van der Waals surface area contributed by atoms with Crippen molar-refractivity contribution in [3.8, 4) is 5.75 Å². The summed E-state index contributed by atoms with van der Waals surface area (Å²) in [7, 11) is 5.28. The zero-order valence-corrected chi connectivity index (χ0v) is 18.9. The van der Waals surface area contributed by atoms with Crippen LogP contribution in [-0.2, 0) is 15.0 Å². The number of Topliss-reactive ketones (excluding diaryl/α,β-unsaturated/α-hetero) is 1. The van der Waals surface area contributed by atoms with Crippen LogP contribution in [0.5, 0.6) is 5.75 Å². The average molecular weight is 427 g/mol. The third-order valence-electron chi connectivity index (χ3n) is 5.46. The molecular weight excluding hydrogens is 396 g/mol. The lowest BCUT2D eigenvalue weighted by Gasteiger charge is -2.25. The van der Waals surface area contributed by atoms with Crippen molar-refractivity contribution < 1.29 is 23.8 Å². The molecular formula is C24H30N2O5. The van der Waals surface area contributed by atoms with Gasteiger partial charge in [0.2, 0.25) is 0 Å². The minimum absolute atomic E-state index is 0.00284. The van der Waals surface area contributed by atoms with E-state index in [1.807, 2.05) is 25.1 Å². The second-order valence-corrected chi connectivity index (χ2v) is 8.98. The van der Waals surface area contributed by atoms with E-state index in [4.69, 9.17) is 9.15 Å². The molecule has 1 saturated heterocycles. The first-order valence-electron chi connectivity index (χ1n) is 10.2. The fourth-order valence-corrected chi connectivity index (χ4v) is 3.67. The first-order chi connectivity index (χ1) is 14.6. The van der Waals surface area contributed by atoms with Crippen LogP contribution in [0.1, 0.15) is 43.7 Å². The summed E-state index contributed by atoms with van der Waals surface area (Å²) in [5, 5.41) is 11.3. The fraction of sp³-hybridized carbons (Fsp3) is 0.417. The van der Waals surface area contributed by atoms with E-state index >= 15 is 0 Å². The highest BCUT2D eigenvalue weighted by Crippen LogP contribution is 2.41. The summed E-state index contributed by atoms with van der Waals surface area (Å²) in [5.41, 5.74) is 1.16. The van der Waals surface area contributed by atoms with Gasteiger partial charge in [-0.05, 0) is 49.3 Å². The SMILES string of the molecule is COc1ccc(C(C)(C)C)cc1/C(O)=C1\C(=O)C(=O)N(CCN(C)C)C1c1ccco1. The normalized spacial score (nSPS) is 18.8. The number of hydrogen-bond acceptors (Lipinski definition) is 6. The van der Waals surface area contributed by atoms with Crippen LogP contribution in [0.2, 0.25) is 0 Å². The molecule has 1 N–H and O–H groups in total. The quantitative estimate of drug-likeness (QED) is 0.432. The van der Waals surface area contributed by atoms with Crippen molar-refractivity contribution in [3.63, 3.8) is 0 Å². The van der Waals surface area contributed by atoms with Crippen molar-refractivity contribution in [2.75, 3.05) is 34.3 Å². The molecule has 1 atom stereocenters. The van der Waals surface area contributed by atoms with Crippen LogP contribution in [-0.4, -0.2) is 60.9 Å². The molecule has 0 aliphatic carbocycles. The Kier molecular flexibility index (Phi) is 6.27. The van der Waals surface area contributed by atoms with Gasteiger partial charge in [0.15, 0.2) is 0 Å². The number of aliphatic hydroxyl groups excluding tert-OH is 1. The standard InChI is InChI=1S/C24H30N2O5/c1-24(2,3)15-9-10-17(30-6)16(14-15)21(27)19-20(18-8-7-13-31-18)26(12-11-25(4)5)23(29)22(19)28/h7-10,13-14,20,27H,11-12H2,1-6H3/b21-19+. The maximum atomic E-state index is 13.1. The van der Waals surface area contributed by atoms with E-state index in [0.717, 1.165) is 5.56 Å². The molecule has 7 nitrogen and oxygen atoms in total. The zero-order chi connectivity index (χ0) is 22.9. The van der Waals surface area contributed by atoms with E-state index in [1.165, 1.54) is 18.3 Å². The topological polar surface area (TPSA) is 83.2 Å². The van der Waals surface area contributed by atoms with Gasteiger partial charge in [-0.1, -0.05) is 26.8 Å². The van der Waals surface area contributed by atoms with Crippen LogP contribution >= 0.6 is 0 Å². The number of furan rings is 1. The highest BCUT2D eigenvalue weighted by molar-refractivity contribution is 6.46. The van der Waals surface area contributed by atoms with Crippen molar-refractivity contribution >= 4 is 17.4 Å². The van der Waals surface area contributed by atoms with E-state index < -0.39 is 17.7 Å². The number of amides is 1. The van der Waals surface area contributed by atoms with Crippen LogP contribution in [0.3, 0.4) is 0 Å². The monoisotopic (exact) mass is 426 g/mol. The Bertz CT molecular complexity index is 999. The number of nitrogens with zero attached hydrogens (tertiary/aromatic N) is 2. The summed E-state index contributed by atoms with van der Waals surface area (Å²) < 4.78 is 11.0. The molecule has 166 valence electrons. The molecule has 0 bridgehead atoms. The van der Waals surface area contributed by atoms with Crippen molar-refractivity contribution in [2.24, 2.45) is 0 Å². The Morgan fingerprint density at radius 1 is 1.23 bits per heavy atom. The maximum Gasteiger partial charge on any atom is 0.295 e. The molecule has 1 amide bonds. The Morgan fingerprint density at radius 2 is 1.94 bits per heavy atom. The third-order valence-corrected chi connectivity index (χ3v) is 5.46. The summed E-state index contributed by atoms with van der Waals surface area (Å²) in [6.45, 7) is 7.05. The average Bonchev–Trinajstić information content (AvgIpc) is 3.32. The van der Waals surface area contributed by atoms with E-state index in [2.05, 4.69) is 20.8 Å². The number of hydrogen-bond donors (Lipinski definition) is 1. The number of ether oxygens (including phenoxy) is 1. The van der Waals surface area contributed by atoms with Gasteiger partial charge in [-0.25, -0.2) is 0 Å². The van der Waals surface area contributed by atoms with Crippen LogP contribution in [0, 0.1) is 0 Å². The van der Waals surface area contributed by atoms with Crippen molar-refractivity contribution in [3.05, 3.63) is 59.1 Å². The lowest BCUT2D eigenvalue weighted by molar-refractivity contribution is -0.140. The number of likely N-dealkylation sites (tertiary alicyclic amines) is 1. The number of carbonyl (C=O) groups excluding carboxylic acids is 2. The predicted octanol–water partition coefficient (Wildman–Crippen LogP) is 3.57. The van der Waals surface area contributed by atoms with E-state index in [9.17, 15) is 14.7 Å². The van der Waals surface area contributed by atoms with Crippen molar-refractivity contribution in [1.29, 1.82) is 0 Å². The first kappa shape index (κ1) is 22.6. The molecule has 0 radical (unpaired) electrons. The van der Waals surface area contributed by atoms with Gasteiger partial charge in [-0.15, -0.1) is 0 Å². The van der Waals surface area contributed by atoms with Crippen molar-refractivity contribution in [1.82, 2.24) is 9.80 Å². The molecule has 1 aliphatic heterocycles. The summed E-state index contributed by atoms with van der Waals surface area (Å²) in [5.74, 6) is -0.819. The second kappa shape index (κ2) is 8.59. The Balaban J connectivity index is 2.20. The molecule has 1 aromatic heterocycles. The summed E-state index contributed by atoms with van der Waals surface area (Å²) >= 11 is 0. The molecule has 2 heterocycles. The van der Waals surface area contributed by atoms with Gasteiger partial charge < -0.3 is 24.1 Å². The van der Waals surface area contributed by atoms with E-state index in [1.54, 1.807) is 24.3 Å². The van der Waals surface area contributed by atoms with Gasteiger partial charge in [0.25, 0.3) is 11.7 Å². The largest absolute Gasteiger partial charge is 0.507 e. The lowest BCUT2D eigenvalue weighted by Crippen LogP contribution is -2.35. The van der Waals surface area contributed by atoms with Gasteiger partial charge in [0.1, 0.15) is 23.3 Å². The second-order valence-electron chi connectivity index (χ2n) is 8.98. The minimum atomic E-state index is -0.807. The maximum absolute atomic E-state index is 13.1. The summed E-state index contributed by atoms with van der Waals surface area (Å²) in [4.78, 5) is 29.3. The molecule has 0 saturated carbocycles. The fourth-order valence-electron chi connectivity index (χ4n) is 3.67. The predicted molar refractivity (Wildman–Crippen MR) is 118 cm³/mol. The molecule has 31 heavy (non-hydrogen) atoms. The minimum Gasteiger partial charge on any atom is -0.507 e. The number of ketones is 1. The van der Waals surface area contributed by atoms with Crippen LogP contribution < -0.4 is 4.74 Å². The molecule has 3 rings (SSSR count). The number of benzene rings is 1. The molecule has 1 unspecified atom stereocenters. The number of aliphatic hydroxyl groups is 1. The van der Waals surface area contributed by atoms with Crippen molar-refractivity contribution in [2.45, 2.75) is 32.2 Å². The molecule has 1 aromatic carbocycles. The van der Waals surface area contributed by atoms with Gasteiger partial charge in [0.05, 0.1) is 24.5 Å². The highest BCUT2D eigenvalue weighted by atomic mass is 16.5. The molecule has 1 fully saturated rings. The van der Waals surface area contributed by atoms with Gasteiger partial charge in [-0.2, -0.15) is 0 Å². The first-order valence-corrected chi connectivity index (χ1v) is 10.2. The van der Waals surface area contributed by atoms with Gasteiger partial charge >= 0.3 is 0 Å². The van der Waals surface area contributed by atoms with Gasteiger partial charge in [0, 0.05) is 13.1 Å².